The average molecular weight is 282 g/mol. The van der Waals surface area contributed by atoms with Gasteiger partial charge in [-0.3, -0.25) is 0 Å². The topological polar surface area (TPSA) is 15.3 Å². The quantitative estimate of drug-likeness (QED) is 0.870. The summed E-state index contributed by atoms with van der Waals surface area (Å²) in [6.07, 6.45) is 0. The van der Waals surface area contributed by atoms with Crippen LogP contribution in [0.1, 0.15) is 27.8 Å². The molecule has 1 N–H and O–H groups in total. The lowest BCUT2D eigenvalue weighted by Crippen LogP contribution is -2.17. The van der Waals surface area contributed by atoms with E-state index >= 15 is 0 Å². The van der Waals surface area contributed by atoms with E-state index in [1.54, 1.807) is 0 Å². The lowest BCUT2D eigenvalue weighted by atomic mass is 10.1. The zero-order chi connectivity index (χ0) is 15.2. The normalized spacial score (nSPS) is 11.1. The molecule has 0 aliphatic rings. The van der Waals surface area contributed by atoms with Gasteiger partial charge in [0.1, 0.15) is 0 Å². The number of hydrogen-bond acceptors (Lipinski definition) is 2. The molecule has 2 rings (SSSR count). The van der Waals surface area contributed by atoms with E-state index in [1.165, 1.54) is 27.8 Å². The second-order valence-electron chi connectivity index (χ2n) is 6.03. The van der Waals surface area contributed by atoms with Gasteiger partial charge in [-0.2, -0.15) is 0 Å². The smallest absolute Gasteiger partial charge is 0.0230 e. The predicted molar refractivity (Wildman–Crippen MR) is 90.3 cm³/mol. The van der Waals surface area contributed by atoms with Gasteiger partial charge in [0.2, 0.25) is 0 Å². The first-order chi connectivity index (χ1) is 10.1. The van der Waals surface area contributed by atoms with Gasteiger partial charge in [-0.1, -0.05) is 42.5 Å². The van der Waals surface area contributed by atoms with Crippen LogP contribution in [0.25, 0.3) is 0 Å². The fraction of sp³-hybridized carbons (Fsp3) is 0.368. The van der Waals surface area contributed by atoms with Gasteiger partial charge in [0.25, 0.3) is 0 Å². The molecule has 0 heterocycles. The van der Waals surface area contributed by atoms with Gasteiger partial charge in [0, 0.05) is 19.6 Å². The summed E-state index contributed by atoms with van der Waals surface area (Å²) in [6.45, 7) is 7.14. The third-order valence-corrected chi connectivity index (χ3v) is 3.82. The van der Waals surface area contributed by atoms with Crippen molar-refractivity contribution in [1.29, 1.82) is 0 Å². The van der Waals surface area contributed by atoms with Gasteiger partial charge in [-0.25, -0.2) is 0 Å². The SMILES string of the molecule is Cc1ccc(CNCc2ccccc2CN(C)C)cc1C. The molecule has 0 aliphatic heterocycles. The summed E-state index contributed by atoms with van der Waals surface area (Å²) in [6, 6.07) is 15.3. The summed E-state index contributed by atoms with van der Waals surface area (Å²) < 4.78 is 0. The molecule has 0 bridgehead atoms. The van der Waals surface area contributed by atoms with Crippen molar-refractivity contribution in [2.45, 2.75) is 33.5 Å². The van der Waals surface area contributed by atoms with Crippen LogP contribution in [0.2, 0.25) is 0 Å². The molecule has 2 heteroatoms. The Kier molecular flexibility index (Phi) is 5.54. The van der Waals surface area contributed by atoms with Crippen LogP contribution >= 0.6 is 0 Å². The van der Waals surface area contributed by atoms with E-state index in [0.29, 0.717) is 0 Å². The van der Waals surface area contributed by atoms with Gasteiger partial charge in [0.15, 0.2) is 0 Å². The van der Waals surface area contributed by atoms with E-state index in [1.807, 2.05) is 0 Å². The molecule has 0 fully saturated rings. The Balaban J connectivity index is 1.95. The Morgan fingerprint density at radius 1 is 0.857 bits per heavy atom. The second kappa shape index (κ2) is 7.39. The van der Waals surface area contributed by atoms with Crippen molar-refractivity contribution >= 4 is 0 Å². The van der Waals surface area contributed by atoms with Crippen LogP contribution in [0.15, 0.2) is 42.5 Å². The van der Waals surface area contributed by atoms with E-state index < -0.39 is 0 Å². The Morgan fingerprint density at radius 2 is 1.57 bits per heavy atom. The van der Waals surface area contributed by atoms with Crippen molar-refractivity contribution in [3.8, 4) is 0 Å². The third kappa shape index (κ3) is 4.69. The summed E-state index contributed by atoms with van der Waals surface area (Å²) >= 11 is 0. The molecule has 0 unspecified atom stereocenters. The van der Waals surface area contributed by atoms with Crippen molar-refractivity contribution in [3.05, 3.63) is 70.3 Å². The first-order valence-corrected chi connectivity index (χ1v) is 7.54. The molecule has 2 aromatic rings. The lowest BCUT2D eigenvalue weighted by Gasteiger charge is -2.15. The van der Waals surface area contributed by atoms with E-state index in [-0.39, 0.29) is 0 Å². The standard InChI is InChI=1S/C19H26N2/c1-15-9-10-17(11-16(15)2)12-20-13-18-7-5-6-8-19(18)14-21(3)4/h5-11,20H,12-14H2,1-4H3. The van der Waals surface area contributed by atoms with Crippen molar-refractivity contribution in [3.63, 3.8) is 0 Å². The van der Waals surface area contributed by atoms with Crippen molar-refractivity contribution in [2.75, 3.05) is 14.1 Å². The van der Waals surface area contributed by atoms with Gasteiger partial charge in [-0.15, -0.1) is 0 Å². The molecule has 2 nitrogen and oxygen atoms in total. The molecule has 0 atom stereocenters. The molecule has 21 heavy (non-hydrogen) atoms. The van der Waals surface area contributed by atoms with E-state index in [4.69, 9.17) is 0 Å². The van der Waals surface area contributed by atoms with Gasteiger partial charge in [0.05, 0.1) is 0 Å². The molecule has 0 aromatic heterocycles. The highest BCUT2D eigenvalue weighted by Crippen LogP contribution is 2.12. The molecule has 0 amide bonds. The zero-order valence-electron chi connectivity index (χ0n) is 13.6. The van der Waals surface area contributed by atoms with E-state index in [2.05, 4.69) is 80.6 Å². The fourth-order valence-corrected chi connectivity index (χ4v) is 2.48. The minimum Gasteiger partial charge on any atom is -0.309 e. The number of nitrogens with one attached hydrogen (secondary N) is 1. The maximum absolute atomic E-state index is 3.56. The third-order valence-electron chi connectivity index (χ3n) is 3.82. The van der Waals surface area contributed by atoms with Crippen molar-refractivity contribution in [2.24, 2.45) is 0 Å². The van der Waals surface area contributed by atoms with Gasteiger partial charge < -0.3 is 10.2 Å². The molecule has 0 aliphatic carbocycles. The minimum atomic E-state index is 0.914. The van der Waals surface area contributed by atoms with Crippen molar-refractivity contribution in [1.82, 2.24) is 10.2 Å². The van der Waals surface area contributed by atoms with Crippen molar-refractivity contribution < 1.29 is 0 Å². The van der Waals surface area contributed by atoms with Crippen LogP contribution in [0.3, 0.4) is 0 Å². The number of nitrogens with zero attached hydrogens (tertiary/aromatic N) is 1. The summed E-state index contributed by atoms with van der Waals surface area (Å²) in [5, 5.41) is 3.56. The van der Waals surface area contributed by atoms with Crippen LogP contribution in [0, 0.1) is 13.8 Å². The maximum atomic E-state index is 3.56. The number of aryl methyl sites for hydroxylation is 2. The van der Waals surface area contributed by atoms with Crippen LogP contribution < -0.4 is 5.32 Å². The van der Waals surface area contributed by atoms with E-state index in [9.17, 15) is 0 Å². The summed E-state index contributed by atoms with van der Waals surface area (Å²) in [4.78, 5) is 2.21. The lowest BCUT2D eigenvalue weighted by molar-refractivity contribution is 0.400. The highest BCUT2D eigenvalue weighted by Gasteiger charge is 2.03. The van der Waals surface area contributed by atoms with Gasteiger partial charge >= 0.3 is 0 Å². The van der Waals surface area contributed by atoms with Crippen LogP contribution in [0.4, 0.5) is 0 Å². The van der Waals surface area contributed by atoms with Crippen LogP contribution in [-0.4, -0.2) is 19.0 Å². The summed E-state index contributed by atoms with van der Waals surface area (Å²) in [5.74, 6) is 0. The predicted octanol–water partition coefficient (Wildman–Crippen LogP) is 3.65. The Hall–Kier alpha value is -1.64. The molecular weight excluding hydrogens is 256 g/mol. The van der Waals surface area contributed by atoms with Crippen LogP contribution in [0.5, 0.6) is 0 Å². The summed E-state index contributed by atoms with van der Waals surface area (Å²) in [7, 11) is 4.22. The Bertz CT molecular complexity index is 588. The number of hydrogen-bond donors (Lipinski definition) is 1. The molecule has 0 radical (unpaired) electrons. The molecule has 112 valence electrons. The highest BCUT2D eigenvalue weighted by atomic mass is 15.0. The molecule has 2 aromatic carbocycles. The summed E-state index contributed by atoms with van der Waals surface area (Å²) in [5.41, 5.74) is 6.85. The monoisotopic (exact) mass is 282 g/mol. The fourth-order valence-electron chi connectivity index (χ4n) is 2.48. The second-order valence-corrected chi connectivity index (χ2v) is 6.03. The van der Waals surface area contributed by atoms with Crippen LogP contribution in [-0.2, 0) is 19.6 Å². The zero-order valence-corrected chi connectivity index (χ0v) is 13.6. The highest BCUT2D eigenvalue weighted by molar-refractivity contribution is 5.30. The molecule has 0 saturated heterocycles. The minimum absolute atomic E-state index is 0.914. The first-order valence-electron chi connectivity index (χ1n) is 7.54. The molecule has 0 saturated carbocycles. The Morgan fingerprint density at radius 3 is 2.24 bits per heavy atom. The first kappa shape index (κ1) is 15.7. The number of benzene rings is 2. The largest absolute Gasteiger partial charge is 0.309 e. The molecular formula is C19H26N2. The van der Waals surface area contributed by atoms with Gasteiger partial charge in [-0.05, 0) is 55.8 Å². The average Bonchev–Trinajstić information content (AvgIpc) is 2.44. The van der Waals surface area contributed by atoms with E-state index in [0.717, 1.165) is 19.6 Å². The maximum Gasteiger partial charge on any atom is 0.0230 e. The Labute approximate surface area is 128 Å². The number of rotatable bonds is 6. The molecule has 0 spiro atoms.